The molecule has 0 aromatic heterocycles. The summed E-state index contributed by atoms with van der Waals surface area (Å²) >= 11 is 11.0. The van der Waals surface area contributed by atoms with Crippen LogP contribution >= 0.6 is 44.5 Å². The fourth-order valence-corrected chi connectivity index (χ4v) is 2.74. The van der Waals surface area contributed by atoms with Gasteiger partial charge in [0.25, 0.3) is 0 Å². The molecule has 54 valence electrons. The van der Waals surface area contributed by atoms with E-state index in [9.17, 15) is 0 Å². The summed E-state index contributed by atoms with van der Waals surface area (Å²) in [6.45, 7) is 0. The van der Waals surface area contributed by atoms with Crippen molar-refractivity contribution in [1.82, 2.24) is 0 Å². The van der Waals surface area contributed by atoms with Gasteiger partial charge in [0.05, 0.1) is 0 Å². The number of hydrogen-bond acceptors (Lipinski definition) is 1. The highest BCUT2D eigenvalue weighted by molar-refractivity contribution is 9.11. The van der Waals surface area contributed by atoms with Crippen LogP contribution in [0.15, 0.2) is 27.1 Å². The summed E-state index contributed by atoms with van der Waals surface area (Å²) in [5.74, 6) is 0.752. The summed E-state index contributed by atoms with van der Waals surface area (Å²) in [5, 5.41) is 0. The average molecular weight is 282 g/mol. The summed E-state index contributed by atoms with van der Waals surface area (Å²) in [4.78, 5) is 0. The zero-order valence-electron chi connectivity index (χ0n) is 5.14. The van der Waals surface area contributed by atoms with Crippen molar-refractivity contribution in [3.05, 3.63) is 32.7 Å². The predicted octanol–water partition coefficient (Wildman–Crippen LogP) is 3.64. The van der Waals surface area contributed by atoms with E-state index in [0.29, 0.717) is 0 Å². The minimum absolute atomic E-state index is 0.752. The second-order valence-corrected chi connectivity index (χ2v) is 3.88. The lowest BCUT2D eigenvalue weighted by Gasteiger charge is -2.01. The molecule has 0 atom stereocenters. The predicted molar refractivity (Wildman–Crippen MR) is 54.5 cm³/mol. The van der Waals surface area contributed by atoms with Crippen LogP contribution in [0, 0.1) is 0 Å². The van der Waals surface area contributed by atoms with E-state index in [4.69, 9.17) is 0 Å². The highest BCUT2D eigenvalue weighted by Crippen LogP contribution is 2.25. The molecule has 0 aliphatic rings. The van der Waals surface area contributed by atoms with Gasteiger partial charge in [0.2, 0.25) is 0 Å². The maximum absolute atomic E-state index is 4.19. The highest BCUT2D eigenvalue weighted by Gasteiger charge is 2.00. The van der Waals surface area contributed by atoms with Crippen LogP contribution in [0.3, 0.4) is 0 Å². The number of benzene rings is 1. The van der Waals surface area contributed by atoms with E-state index in [1.54, 1.807) is 0 Å². The molecule has 0 aliphatic carbocycles. The minimum Gasteiger partial charge on any atom is -0.174 e. The van der Waals surface area contributed by atoms with Crippen LogP contribution < -0.4 is 0 Å². The van der Waals surface area contributed by atoms with Crippen molar-refractivity contribution in [2.75, 3.05) is 0 Å². The summed E-state index contributed by atoms with van der Waals surface area (Å²) < 4.78 is 2.22. The number of rotatable bonds is 1. The molecule has 0 fully saturated rings. The van der Waals surface area contributed by atoms with Gasteiger partial charge in [0.15, 0.2) is 0 Å². The molecule has 1 aromatic rings. The summed E-state index contributed by atoms with van der Waals surface area (Å²) in [6.07, 6.45) is 0. The molecular formula is C7H6Br2S. The van der Waals surface area contributed by atoms with Crippen LogP contribution in [-0.2, 0) is 5.75 Å². The zero-order valence-corrected chi connectivity index (χ0v) is 9.21. The fraction of sp³-hybridized carbons (Fsp3) is 0.143. The quantitative estimate of drug-likeness (QED) is 0.747. The molecule has 0 nitrogen and oxygen atoms in total. The van der Waals surface area contributed by atoms with Gasteiger partial charge >= 0.3 is 0 Å². The molecule has 0 amide bonds. The Labute approximate surface area is 82.7 Å². The molecule has 10 heavy (non-hydrogen) atoms. The third kappa shape index (κ3) is 1.77. The molecule has 0 heterocycles. The van der Waals surface area contributed by atoms with Crippen molar-refractivity contribution in [1.29, 1.82) is 0 Å². The standard InChI is InChI=1S/C7H6Br2S/c8-6-2-1-3-7(9)5(6)4-10/h1-3,10H,4H2. The molecule has 0 radical (unpaired) electrons. The number of halogens is 2. The van der Waals surface area contributed by atoms with Crippen LogP contribution in [0.4, 0.5) is 0 Å². The van der Waals surface area contributed by atoms with Crippen molar-refractivity contribution < 1.29 is 0 Å². The van der Waals surface area contributed by atoms with E-state index in [2.05, 4.69) is 44.5 Å². The van der Waals surface area contributed by atoms with Crippen molar-refractivity contribution >= 4 is 44.5 Å². The largest absolute Gasteiger partial charge is 0.174 e. The average Bonchev–Trinajstić information content (AvgIpc) is 1.88. The molecule has 0 bridgehead atoms. The second-order valence-electron chi connectivity index (χ2n) is 1.86. The Morgan fingerprint density at radius 2 is 1.70 bits per heavy atom. The lowest BCUT2D eigenvalue weighted by atomic mass is 10.2. The van der Waals surface area contributed by atoms with Gasteiger partial charge in [-0.1, -0.05) is 37.9 Å². The van der Waals surface area contributed by atoms with Gasteiger partial charge in [-0.3, -0.25) is 0 Å². The number of thiol groups is 1. The van der Waals surface area contributed by atoms with E-state index in [-0.39, 0.29) is 0 Å². The van der Waals surface area contributed by atoms with Crippen LogP contribution in [-0.4, -0.2) is 0 Å². The van der Waals surface area contributed by atoms with Crippen LogP contribution in [0.5, 0.6) is 0 Å². The zero-order chi connectivity index (χ0) is 7.56. The molecule has 1 aromatic carbocycles. The fourth-order valence-electron chi connectivity index (χ4n) is 0.683. The first-order chi connectivity index (χ1) is 4.75. The van der Waals surface area contributed by atoms with Crippen LogP contribution in [0.25, 0.3) is 0 Å². The molecule has 0 spiro atoms. The van der Waals surface area contributed by atoms with Gasteiger partial charge < -0.3 is 0 Å². The van der Waals surface area contributed by atoms with Gasteiger partial charge in [0.1, 0.15) is 0 Å². The third-order valence-corrected chi connectivity index (χ3v) is 3.02. The van der Waals surface area contributed by atoms with E-state index in [1.807, 2.05) is 18.2 Å². The molecular weight excluding hydrogens is 276 g/mol. The molecule has 0 unspecified atom stereocenters. The lowest BCUT2D eigenvalue weighted by Crippen LogP contribution is -1.81. The normalized spacial score (nSPS) is 9.90. The molecule has 0 saturated carbocycles. The summed E-state index contributed by atoms with van der Waals surface area (Å²) in [7, 11) is 0. The third-order valence-electron chi connectivity index (χ3n) is 1.22. The maximum atomic E-state index is 4.19. The molecule has 3 heteroatoms. The molecule has 0 N–H and O–H groups in total. The van der Waals surface area contributed by atoms with E-state index < -0.39 is 0 Å². The lowest BCUT2D eigenvalue weighted by molar-refractivity contribution is 1.36. The Kier molecular flexibility index (Phi) is 3.27. The molecule has 0 aliphatic heterocycles. The van der Waals surface area contributed by atoms with E-state index >= 15 is 0 Å². The van der Waals surface area contributed by atoms with Gasteiger partial charge in [-0.25, -0.2) is 0 Å². The SMILES string of the molecule is SCc1c(Br)cccc1Br. The van der Waals surface area contributed by atoms with Crippen molar-refractivity contribution in [3.63, 3.8) is 0 Å². The van der Waals surface area contributed by atoms with Gasteiger partial charge in [0, 0.05) is 14.7 Å². The Hall–Kier alpha value is 0.530. The molecule has 1 rings (SSSR count). The monoisotopic (exact) mass is 280 g/mol. The smallest absolute Gasteiger partial charge is 0.0226 e. The first-order valence-electron chi connectivity index (χ1n) is 2.79. The van der Waals surface area contributed by atoms with Crippen LogP contribution in [0.2, 0.25) is 0 Å². The van der Waals surface area contributed by atoms with E-state index in [0.717, 1.165) is 14.7 Å². The minimum atomic E-state index is 0.752. The maximum Gasteiger partial charge on any atom is 0.0226 e. The Bertz CT molecular complexity index is 215. The van der Waals surface area contributed by atoms with Gasteiger partial charge in [-0.2, -0.15) is 12.6 Å². The highest BCUT2D eigenvalue weighted by atomic mass is 79.9. The Morgan fingerprint density at radius 1 is 1.20 bits per heavy atom. The van der Waals surface area contributed by atoms with E-state index in [1.165, 1.54) is 5.56 Å². The van der Waals surface area contributed by atoms with Crippen molar-refractivity contribution in [2.45, 2.75) is 5.75 Å². The van der Waals surface area contributed by atoms with Gasteiger partial charge in [-0.15, -0.1) is 0 Å². The second kappa shape index (κ2) is 3.79. The Morgan fingerprint density at radius 3 is 2.00 bits per heavy atom. The summed E-state index contributed by atoms with van der Waals surface area (Å²) in [6, 6.07) is 6.01. The summed E-state index contributed by atoms with van der Waals surface area (Å²) in [5.41, 5.74) is 1.20. The van der Waals surface area contributed by atoms with Crippen molar-refractivity contribution in [2.24, 2.45) is 0 Å². The number of hydrogen-bond donors (Lipinski definition) is 1. The van der Waals surface area contributed by atoms with Crippen molar-refractivity contribution in [3.8, 4) is 0 Å². The molecule has 0 saturated heterocycles. The first-order valence-corrected chi connectivity index (χ1v) is 5.01. The first kappa shape index (κ1) is 8.62. The van der Waals surface area contributed by atoms with Gasteiger partial charge in [-0.05, 0) is 17.7 Å². The Balaban J connectivity index is 3.17. The topological polar surface area (TPSA) is 0 Å². The van der Waals surface area contributed by atoms with Crippen LogP contribution in [0.1, 0.15) is 5.56 Å².